The molecule has 25 heavy (non-hydrogen) atoms. The van der Waals surface area contributed by atoms with Crippen LogP contribution in [0.3, 0.4) is 0 Å². The van der Waals surface area contributed by atoms with Crippen molar-refractivity contribution >= 4 is 44.8 Å². The minimum atomic E-state index is -0.615. The van der Waals surface area contributed by atoms with Gasteiger partial charge in [0, 0.05) is 23.5 Å². The molecule has 0 aliphatic rings. The van der Waals surface area contributed by atoms with E-state index < -0.39 is 10.8 Å². The highest BCUT2D eigenvalue weighted by Gasteiger charge is 2.18. The lowest BCUT2D eigenvalue weighted by Crippen LogP contribution is -2.15. The molecule has 0 saturated carbocycles. The van der Waals surface area contributed by atoms with Gasteiger partial charge in [-0.1, -0.05) is 11.6 Å². The van der Waals surface area contributed by atoms with Gasteiger partial charge in [0.25, 0.3) is 11.6 Å². The van der Waals surface area contributed by atoms with Crippen LogP contribution in [0, 0.1) is 10.1 Å². The van der Waals surface area contributed by atoms with Gasteiger partial charge in [-0.3, -0.25) is 19.6 Å². The van der Waals surface area contributed by atoms with Crippen molar-refractivity contribution in [3.63, 3.8) is 0 Å². The first-order chi connectivity index (χ1) is 11.9. The molecule has 2 heterocycles. The second-order valence-corrected chi connectivity index (χ2v) is 6.30. The highest BCUT2D eigenvalue weighted by molar-refractivity contribution is 9.10. The molecule has 128 valence electrons. The van der Waals surface area contributed by atoms with Gasteiger partial charge in [-0.15, -0.1) is 0 Å². The highest BCUT2D eigenvalue weighted by atomic mass is 79.9. The van der Waals surface area contributed by atoms with Crippen LogP contribution in [-0.2, 0) is 6.67 Å². The number of hydrogen-bond acceptors (Lipinski definition) is 5. The molecule has 9 nitrogen and oxygen atoms in total. The zero-order chi connectivity index (χ0) is 18.0. The molecule has 0 aliphatic heterocycles. The first kappa shape index (κ1) is 17.1. The Kier molecular flexibility index (Phi) is 4.81. The average molecular weight is 426 g/mol. The maximum Gasteiger partial charge on any atom is 0.294 e. The third-order valence-electron chi connectivity index (χ3n) is 3.17. The number of hydrogen-bond donors (Lipinski definition) is 1. The summed E-state index contributed by atoms with van der Waals surface area (Å²) < 4.78 is 3.97. The lowest BCUT2D eigenvalue weighted by atomic mass is 10.2. The molecule has 0 spiro atoms. The Labute approximate surface area is 154 Å². The van der Waals surface area contributed by atoms with E-state index in [-0.39, 0.29) is 22.1 Å². The smallest absolute Gasteiger partial charge is 0.294 e. The van der Waals surface area contributed by atoms with Gasteiger partial charge >= 0.3 is 0 Å². The Morgan fingerprint density at radius 3 is 2.84 bits per heavy atom. The molecule has 0 radical (unpaired) electrons. The fourth-order valence-electron chi connectivity index (χ4n) is 2.07. The fourth-order valence-corrected chi connectivity index (χ4v) is 2.57. The highest BCUT2D eigenvalue weighted by Crippen LogP contribution is 2.28. The molecular weight excluding hydrogens is 416 g/mol. The molecule has 0 aliphatic carbocycles. The summed E-state index contributed by atoms with van der Waals surface area (Å²) in [7, 11) is 0. The van der Waals surface area contributed by atoms with Crippen LogP contribution >= 0.6 is 27.5 Å². The first-order valence-electron chi connectivity index (χ1n) is 6.89. The number of nitrogens with one attached hydrogen (secondary N) is 1. The normalized spacial score (nSPS) is 10.6. The molecule has 0 bridgehead atoms. The minimum Gasteiger partial charge on any atom is -0.315 e. The zero-order valence-corrected chi connectivity index (χ0v) is 14.8. The number of nitro groups is 1. The molecule has 0 atom stereocenters. The number of nitro benzene ring substituents is 1. The maximum atomic E-state index is 12.3. The zero-order valence-electron chi connectivity index (χ0n) is 12.5. The largest absolute Gasteiger partial charge is 0.315 e. The molecule has 3 rings (SSSR count). The van der Waals surface area contributed by atoms with Crippen molar-refractivity contribution in [3.8, 4) is 0 Å². The number of benzene rings is 1. The summed E-state index contributed by atoms with van der Waals surface area (Å²) in [6, 6.07) is 5.51. The van der Waals surface area contributed by atoms with E-state index in [1.807, 2.05) is 0 Å². The molecule has 0 saturated heterocycles. The van der Waals surface area contributed by atoms with Crippen molar-refractivity contribution in [2.75, 3.05) is 5.32 Å². The van der Waals surface area contributed by atoms with E-state index in [4.69, 9.17) is 11.6 Å². The number of nitrogens with zero attached hydrogens (tertiary/aromatic N) is 5. The van der Waals surface area contributed by atoms with Crippen molar-refractivity contribution < 1.29 is 9.72 Å². The average Bonchev–Trinajstić information content (AvgIpc) is 3.18. The second-order valence-electron chi connectivity index (χ2n) is 4.95. The summed E-state index contributed by atoms with van der Waals surface area (Å²) in [6.45, 7) is 0.319. The van der Waals surface area contributed by atoms with E-state index in [2.05, 4.69) is 31.4 Å². The van der Waals surface area contributed by atoms with Crippen LogP contribution in [0.4, 0.5) is 11.4 Å². The quantitative estimate of drug-likeness (QED) is 0.499. The number of carbonyl (C=O) groups excluding carboxylic acids is 1. The molecule has 1 N–H and O–H groups in total. The Morgan fingerprint density at radius 2 is 2.16 bits per heavy atom. The molecular formula is C14H10BrClN6O3. The third-order valence-corrected chi connectivity index (χ3v) is 3.81. The van der Waals surface area contributed by atoms with Gasteiger partial charge < -0.3 is 5.32 Å². The van der Waals surface area contributed by atoms with Crippen LogP contribution in [0.1, 0.15) is 10.5 Å². The van der Waals surface area contributed by atoms with Crippen LogP contribution in [-0.4, -0.2) is 30.4 Å². The van der Waals surface area contributed by atoms with Gasteiger partial charge in [0.05, 0.1) is 15.6 Å². The molecule has 0 unspecified atom stereocenters. The lowest BCUT2D eigenvalue weighted by molar-refractivity contribution is -0.383. The lowest BCUT2D eigenvalue weighted by Gasteiger charge is -2.05. The van der Waals surface area contributed by atoms with Gasteiger partial charge in [0.2, 0.25) is 0 Å². The minimum absolute atomic E-state index is 0.0463. The summed E-state index contributed by atoms with van der Waals surface area (Å²) in [4.78, 5) is 22.7. The number of amides is 1. The first-order valence-corrected chi connectivity index (χ1v) is 8.06. The molecule has 2 aromatic heterocycles. The van der Waals surface area contributed by atoms with Crippen LogP contribution < -0.4 is 5.32 Å². The number of carbonyl (C=O) groups is 1. The van der Waals surface area contributed by atoms with E-state index in [9.17, 15) is 14.9 Å². The van der Waals surface area contributed by atoms with Gasteiger partial charge in [-0.2, -0.15) is 10.2 Å². The predicted molar refractivity (Wildman–Crippen MR) is 93.6 cm³/mol. The second kappa shape index (κ2) is 7.03. The van der Waals surface area contributed by atoms with E-state index in [0.717, 1.165) is 4.47 Å². The molecule has 1 aromatic carbocycles. The fraction of sp³-hybridized carbons (Fsp3) is 0.0714. The standard InChI is InChI=1S/C14H10BrClN6O3/c15-9-6-17-21(7-9)8-20-4-3-12(19-20)14(23)18-11-2-1-10(16)5-13(11)22(24)25/h1-7H,8H2,(H,18,23). The van der Waals surface area contributed by atoms with Gasteiger partial charge in [-0.05, 0) is 34.1 Å². The summed E-state index contributed by atoms with van der Waals surface area (Å²) in [5, 5.41) is 22.0. The summed E-state index contributed by atoms with van der Waals surface area (Å²) in [5.41, 5.74) is -0.123. The molecule has 1 amide bonds. The topological polar surface area (TPSA) is 108 Å². The van der Waals surface area contributed by atoms with Gasteiger partial charge in [-0.25, -0.2) is 4.68 Å². The van der Waals surface area contributed by atoms with E-state index in [1.165, 1.54) is 28.9 Å². The number of anilines is 1. The predicted octanol–water partition coefficient (Wildman–Crippen LogP) is 3.16. The molecule has 0 fully saturated rings. The third kappa shape index (κ3) is 4.03. The number of aromatic nitrogens is 4. The monoisotopic (exact) mass is 424 g/mol. The van der Waals surface area contributed by atoms with Crippen molar-refractivity contribution in [3.05, 3.63) is 68.2 Å². The Morgan fingerprint density at radius 1 is 1.36 bits per heavy atom. The van der Waals surface area contributed by atoms with Crippen molar-refractivity contribution in [1.29, 1.82) is 0 Å². The van der Waals surface area contributed by atoms with Crippen LogP contribution in [0.15, 0.2) is 47.3 Å². The van der Waals surface area contributed by atoms with E-state index in [0.29, 0.717) is 6.67 Å². The Hall–Kier alpha value is -2.72. The van der Waals surface area contributed by atoms with Crippen LogP contribution in [0.2, 0.25) is 5.02 Å². The van der Waals surface area contributed by atoms with Crippen molar-refractivity contribution in [2.45, 2.75) is 6.67 Å². The van der Waals surface area contributed by atoms with E-state index >= 15 is 0 Å². The Balaban J connectivity index is 1.75. The van der Waals surface area contributed by atoms with Gasteiger partial charge in [0.1, 0.15) is 12.4 Å². The van der Waals surface area contributed by atoms with Gasteiger partial charge in [0.15, 0.2) is 5.69 Å². The molecule has 11 heteroatoms. The SMILES string of the molecule is O=C(Nc1ccc(Cl)cc1[N+](=O)[O-])c1ccn(Cn2cc(Br)cn2)n1. The number of rotatable bonds is 5. The summed E-state index contributed by atoms with van der Waals surface area (Å²) >= 11 is 9.05. The van der Waals surface area contributed by atoms with E-state index in [1.54, 1.807) is 23.3 Å². The van der Waals surface area contributed by atoms with Crippen LogP contribution in [0.5, 0.6) is 0 Å². The van der Waals surface area contributed by atoms with Crippen molar-refractivity contribution in [2.24, 2.45) is 0 Å². The van der Waals surface area contributed by atoms with Crippen molar-refractivity contribution in [1.82, 2.24) is 19.6 Å². The maximum absolute atomic E-state index is 12.3. The summed E-state index contributed by atoms with van der Waals surface area (Å²) in [5.74, 6) is -0.564. The summed E-state index contributed by atoms with van der Waals surface area (Å²) in [6.07, 6.45) is 5.01. The number of halogens is 2. The molecule has 3 aromatic rings. The van der Waals surface area contributed by atoms with Crippen LogP contribution in [0.25, 0.3) is 0 Å². The Bertz CT molecular complexity index is 954.